The van der Waals surface area contributed by atoms with Gasteiger partial charge in [0, 0.05) is 13.1 Å². The van der Waals surface area contributed by atoms with Gasteiger partial charge in [0.2, 0.25) is 10.0 Å². The van der Waals surface area contributed by atoms with E-state index in [0.29, 0.717) is 0 Å². The number of nitro benzene ring substituents is 1. The Balaban J connectivity index is 2.52. The maximum absolute atomic E-state index is 12.1. The largest absolute Gasteiger partial charge is 0.390 e. The molecule has 1 heterocycles. The van der Waals surface area contributed by atoms with Crippen LogP contribution in [0.15, 0.2) is 17.0 Å². The zero-order valence-corrected chi connectivity index (χ0v) is 11.6. The second kappa shape index (κ2) is 4.88. The van der Waals surface area contributed by atoms with Gasteiger partial charge >= 0.3 is 5.69 Å². The van der Waals surface area contributed by atoms with Crippen molar-refractivity contribution in [1.82, 2.24) is 4.31 Å². The highest BCUT2D eigenvalue weighted by atomic mass is 35.5. The van der Waals surface area contributed by atoms with Gasteiger partial charge in [-0.1, -0.05) is 23.2 Å². The minimum atomic E-state index is -3.96. The van der Waals surface area contributed by atoms with Crippen molar-refractivity contribution in [1.29, 1.82) is 0 Å². The van der Waals surface area contributed by atoms with E-state index >= 15 is 0 Å². The molecule has 1 fully saturated rings. The van der Waals surface area contributed by atoms with E-state index in [1.54, 1.807) is 0 Å². The zero-order valence-electron chi connectivity index (χ0n) is 9.29. The first kappa shape index (κ1) is 14.5. The highest BCUT2D eigenvalue weighted by molar-refractivity contribution is 7.89. The molecule has 1 N–H and O–H groups in total. The van der Waals surface area contributed by atoms with E-state index in [9.17, 15) is 18.5 Å². The van der Waals surface area contributed by atoms with Gasteiger partial charge in [0.15, 0.2) is 0 Å². The molecule has 19 heavy (non-hydrogen) atoms. The Morgan fingerprint density at radius 3 is 2.42 bits per heavy atom. The molecule has 7 nitrogen and oxygen atoms in total. The molecule has 0 saturated carbocycles. The van der Waals surface area contributed by atoms with Crippen molar-refractivity contribution in [3.8, 4) is 0 Å². The third kappa shape index (κ3) is 2.41. The first-order chi connectivity index (χ1) is 8.75. The van der Waals surface area contributed by atoms with Gasteiger partial charge in [-0.15, -0.1) is 0 Å². The van der Waals surface area contributed by atoms with Gasteiger partial charge in [-0.25, -0.2) is 8.42 Å². The number of β-amino-alcohol motifs (C(OH)–C–C–N with tert-alkyl or cyclic N) is 1. The van der Waals surface area contributed by atoms with Crippen molar-refractivity contribution in [2.45, 2.75) is 11.0 Å². The van der Waals surface area contributed by atoms with Gasteiger partial charge < -0.3 is 5.11 Å². The molecule has 1 aromatic rings. The fourth-order valence-electron chi connectivity index (χ4n) is 1.64. The maximum atomic E-state index is 12.1. The van der Waals surface area contributed by atoms with Crippen molar-refractivity contribution in [2.24, 2.45) is 0 Å². The Morgan fingerprint density at radius 1 is 1.37 bits per heavy atom. The number of nitrogens with zero attached hydrogens (tertiary/aromatic N) is 2. The van der Waals surface area contributed by atoms with Crippen molar-refractivity contribution >= 4 is 38.9 Å². The molecule has 0 amide bonds. The summed E-state index contributed by atoms with van der Waals surface area (Å²) in [6, 6.07) is 2.21. The fourth-order valence-corrected chi connectivity index (χ4v) is 4.02. The summed E-state index contributed by atoms with van der Waals surface area (Å²) in [5, 5.41) is 19.2. The lowest BCUT2D eigenvalue weighted by atomic mass is 10.2. The lowest BCUT2D eigenvalue weighted by Crippen LogP contribution is -2.53. The molecule has 104 valence electrons. The highest BCUT2D eigenvalue weighted by Crippen LogP contribution is 2.38. The van der Waals surface area contributed by atoms with Crippen molar-refractivity contribution in [2.75, 3.05) is 13.1 Å². The van der Waals surface area contributed by atoms with Crippen LogP contribution in [-0.4, -0.2) is 41.9 Å². The van der Waals surface area contributed by atoms with Crippen molar-refractivity contribution in [3.05, 3.63) is 32.3 Å². The van der Waals surface area contributed by atoms with Crippen LogP contribution in [0, 0.1) is 10.1 Å². The molecule has 0 unspecified atom stereocenters. The molecule has 0 atom stereocenters. The van der Waals surface area contributed by atoms with Crippen molar-refractivity contribution in [3.63, 3.8) is 0 Å². The topological polar surface area (TPSA) is 101 Å². The van der Waals surface area contributed by atoms with Crippen LogP contribution in [-0.2, 0) is 10.0 Å². The summed E-state index contributed by atoms with van der Waals surface area (Å²) in [7, 11) is -3.96. The van der Waals surface area contributed by atoms with E-state index in [1.165, 1.54) is 0 Å². The van der Waals surface area contributed by atoms with E-state index in [4.69, 9.17) is 28.3 Å². The molecule has 1 aliphatic heterocycles. The monoisotopic (exact) mass is 326 g/mol. The Hall–Kier alpha value is -0.930. The summed E-state index contributed by atoms with van der Waals surface area (Å²) in [5.41, 5.74) is -0.648. The lowest BCUT2D eigenvalue weighted by molar-refractivity contribution is -0.384. The van der Waals surface area contributed by atoms with E-state index < -0.39 is 36.7 Å². The van der Waals surface area contributed by atoms with Crippen LogP contribution < -0.4 is 0 Å². The normalized spacial score (nSPS) is 17.2. The van der Waals surface area contributed by atoms with E-state index in [0.717, 1.165) is 16.4 Å². The first-order valence-corrected chi connectivity index (χ1v) is 7.25. The minimum absolute atomic E-state index is 0.0604. The molecular formula is C9H8Cl2N2O5S. The molecule has 1 aliphatic rings. The number of aliphatic hydroxyl groups excluding tert-OH is 1. The number of hydrogen-bond acceptors (Lipinski definition) is 5. The minimum Gasteiger partial charge on any atom is -0.390 e. The average molecular weight is 327 g/mol. The van der Waals surface area contributed by atoms with Gasteiger partial charge in [-0.2, -0.15) is 4.31 Å². The molecule has 1 aromatic carbocycles. The number of halogens is 2. The number of nitro groups is 1. The Kier molecular flexibility index (Phi) is 3.72. The highest BCUT2D eigenvalue weighted by Gasteiger charge is 2.38. The lowest BCUT2D eigenvalue weighted by Gasteiger charge is -2.34. The number of benzene rings is 1. The first-order valence-electron chi connectivity index (χ1n) is 5.05. The molecule has 0 aromatic heterocycles. The SMILES string of the molecule is O=[N+]([O-])c1c(Cl)ccc(S(=O)(=O)N2CC(O)C2)c1Cl. The molecule has 0 bridgehead atoms. The summed E-state index contributed by atoms with van der Waals surface area (Å²) in [6.07, 6.45) is -0.726. The maximum Gasteiger partial charge on any atom is 0.307 e. The molecule has 0 radical (unpaired) electrons. The number of hydrogen-bond donors (Lipinski definition) is 1. The molecular weight excluding hydrogens is 319 g/mol. The van der Waals surface area contributed by atoms with Crippen LogP contribution in [0.25, 0.3) is 0 Å². The molecule has 10 heteroatoms. The van der Waals surface area contributed by atoms with Crippen LogP contribution in [0.1, 0.15) is 0 Å². The van der Waals surface area contributed by atoms with Gasteiger partial charge in [0.25, 0.3) is 0 Å². The smallest absolute Gasteiger partial charge is 0.307 e. The van der Waals surface area contributed by atoms with Crippen molar-refractivity contribution < 1.29 is 18.4 Å². The Bertz CT molecular complexity index is 642. The van der Waals surface area contributed by atoms with Gasteiger partial charge in [-0.3, -0.25) is 10.1 Å². The van der Waals surface area contributed by atoms with E-state index in [-0.39, 0.29) is 18.1 Å². The second-order valence-corrected chi connectivity index (χ2v) is 6.63. The van der Waals surface area contributed by atoms with Gasteiger partial charge in [-0.05, 0) is 12.1 Å². The van der Waals surface area contributed by atoms with Gasteiger partial charge in [0.05, 0.1) is 11.0 Å². The third-order valence-electron chi connectivity index (χ3n) is 2.66. The number of aliphatic hydroxyl groups is 1. The number of sulfonamides is 1. The van der Waals surface area contributed by atoms with Crippen LogP contribution in [0.3, 0.4) is 0 Å². The standard InChI is InChI=1S/C9H8Cl2N2O5S/c10-6-1-2-7(8(11)9(6)13(15)16)19(17,18)12-3-5(14)4-12/h1-2,5,14H,3-4H2. The van der Waals surface area contributed by atoms with Crippen LogP contribution in [0.4, 0.5) is 5.69 Å². The van der Waals surface area contributed by atoms with Crippen LogP contribution >= 0.6 is 23.2 Å². The second-order valence-electron chi connectivity index (χ2n) is 3.94. The molecule has 1 saturated heterocycles. The molecule has 0 aliphatic carbocycles. The van der Waals surface area contributed by atoms with E-state index in [2.05, 4.69) is 0 Å². The zero-order chi connectivity index (χ0) is 14.4. The molecule has 0 spiro atoms. The van der Waals surface area contributed by atoms with Gasteiger partial charge in [0.1, 0.15) is 14.9 Å². The fraction of sp³-hybridized carbons (Fsp3) is 0.333. The summed E-state index contributed by atoms with van der Waals surface area (Å²) < 4.78 is 25.2. The number of rotatable bonds is 3. The summed E-state index contributed by atoms with van der Waals surface area (Å²) in [4.78, 5) is 9.59. The predicted molar refractivity (Wildman–Crippen MR) is 67.9 cm³/mol. The average Bonchev–Trinajstić information content (AvgIpc) is 2.23. The predicted octanol–water partition coefficient (Wildman–Crippen LogP) is 1.27. The summed E-state index contributed by atoms with van der Waals surface area (Å²) in [5.74, 6) is 0. The molecule has 2 rings (SSSR count). The summed E-state index contributed by atoms with van der Waals surface area (Å²) >= 11 is 11.4. The van der Waals surface area contributed by atoms with Crippen LogP contribution in [0.5, 0.6) is 0 Å². The summed E-state index contributed by atoms with van der Waals surface area (Å²) in [6.45, 7) is -0.121. The Morgan fingerprint density at radius 2 is 1.95 bits per heavy atom. The Labute approximate surface area is 118 Å². The van der Waals surface area contributed by atoms with E-state index in [1.807, 2.05) is 0 Å². The quantitative estimate of drug-likeness (QED) is 0.665. The van der Waals surface area contributed by atoms with Crippen LogP contribution in [0.2, 0.25) is 10.0 Å². The third-order valence-corrected chi connectivity index (χ3v) is 5.33.